The van der Waals surface area contributed by atoms with Gasteiger partial charge >= 0.3 is 0 Å². The van der Waals surface area contributed by atoms with Crippen molar-refractivity contribution in [2.45, 2.75) is 25.8 Å². The highest BCUT2D eigenvalue weighted by Crippen LogP contribution is 2.48. The van der Waals surface area contributed by atoms with Gasteiger partial charge in [-0.3, -0.25) is 0 Å². The second-order valence-corrected chi connectivity index (χ2v) is 4.75. The number of fused-ring (bicyclic) bond motifs is 1. The molecule has 0 saturated carbocycles. The second kappa shape index (κ2) is 4.57. The third-order valence-corrected chi connectivity index (χ3v) is 4.04. The summed E-state index contributed by atoms with van der Waals surface area (Å²) in [4.78, 5) is 0. The lowest BCUT2D eigenvalue weighted by atomic mass is 9.95. The number of rotatable bonds is 3. The maximum atomic E-state index is 5.37. The molecule has 2 rings (SSSR count). The lowest BCUT2D eigenvalue weighted by molar-refractivity contribution is 0.354. The van der Waals surface area contributed by atoms with Crippen molar-refractivity contribution >= 4 is 0 Å². The van der Waals surface area contributed by atoms with E-state index in [9.17, 15) is 0 Å². The van der Waals surface area contributed by atoms with E-state index in [2.05, 4.69) is 31.3 Å². The molecule has 0 heterocycles. The van der Waals surface area contributed by atoms with E-state index in [1.807, 2.05) is 7.05 Å². The van der Waals surface area contributed by atoms with Crippen molar-refractivity contribution in [3.05, 3.63) is 23.3 Å². The topological polar surface area (TPSA) is 30.5 Å². The number of nitrogens with one attached hydrogen (secondary N) is 1. The monoisotopic (exact) mass is 235 g/mol. The van der Waals surface area contributed by atoms with Crippen LogP contribution >= 0.6 is 0 Å². The molecule has 1 aromatic rings. The predicted molar refractivity (Wildman–Crippen MR) is 68.9 cm³/mol. The molecule has 3 atom stereocenters. The zero-order chi connectivity index (χ0) is 12.6. The molecule has 3 nitrogen and oxygen atoms in total. The van der Waals surface area contributed by atoms with Crippen LogP contribution in [-0.2, 0) is 0 Å². The first-order valence-electron chi connectivity index (χ1n) is 6.07. The van der Waals surface area contributed by atoms with Gasteiger partial charge < -0.3 is 14.8 Å². The first kappa shape index (κ1) is 12.2. The van der Waals surface area contributed by atoms with Crippen LogP contribution in [0.1, 0.15) is 36.9 Å². The van der Waals surface area contributed by atoms with Gasteiger partial charge in [0.1, 0.15) is 0 Å². The Morgan fingerprint density at radius 1 is 1.00 bits per heavy atom. The van der Waals surface area contributed by atoms with Crippen molar-refractivity contribution in [3.63, 3.8) is 0 Å². The average molecular weight is 235 g/mol. The number of hydrogen-bond donors (Lipinski definition) is 1. The molecule has 1 aromatic carbocycles. The molecule has 1 N–H and O–H groups in total. The minimum Gasteiger partial charge on any atom is -0.493 e. The van der Waals surface area contributed by atoms with E-state index < -0.39 is 0 Å². The highest BCUT2D eigenvalue weighted by atomic mass is 16.5. The molecule has 0 saturated heterocycles. The Morgan fingerprint density at radius 3 is 2.00 bits per heavy atom. The standard InChI is InChI=1S/C14H21NO2/c1-8-9(2)14(15-3)11-7-13(17-5)12(16-4)6-10(8)11/h6-9,14-15H,1-5H3. The van der Waals surface area contributed by atoms with Crippen LogP contribution in [0.2, 0.25) is 0 Å². The molecule has 3 heteroatoms. The summed E-state index contributed by atoms with van der Waals surface area (Å²) in [5.41, 5.74) is 2.71. The van der Waals surface area contributed by atoms with Crippen molar-refractivity contribution < 1.29 is 9.47 Å². The van der Waals surface area contributed by atoms with Gasteiger partial charge in [-0.05, 0) is 42.1 Å². The van der Waals surface area contributed by atoms with Crippen molar-refractivity contribution in [2.75, 3.05) is 21.3 Å². The highest BCUT2D eigenvalue weighted by Gasteiger charge is 2.35. The van der Waals surface area contributed by atoms with Crippen LogP contribution in [0.25, 0.3) is 0 Å². The van der Waals surface area contributed by atoms with Crippen LogP contribution in [0.5, 0.6) is 11.5 Å². The summed E-state index contributed by atoms with van der Waals surface area (Å²) in [7, 11) is 5.38. The molecule has 0 aliphatic heterocycles. The summed E-state index contributed by atoms with van der Waals surface area (Å²) in [6, 6.07) is 4.63. The number of benzene rings is 1. The number of hydrogen-bond acceptors (Lipinski definition) is 3. The van der Waals surface area contributed by atoms with Crippen molar-refractivity contribution in [1.29, 1.82) is 0 Å². The van der Waals surface area contributed by atoms with Gasteiger partial charge in [0, 0.05) is 6.04 Å². The van der Waals surface area contributed by atoms with Gasteiger partial charge in [0.25, 0.3) is 0 Å². The summed E-state index contributed by atoms with van der Waals surface area (Å²) in [5.74, 6) is 2.77. The average Bonchev–Trinajstić information content (AvgIpc) is 2.59. The van der Waals surface area contributed by atoms with Crippen molar-refractivity contribution in [3.8, 4) is 11.5 Å². The minimum atomic E-state index is 0.403. The van der Waals surface area contributed by atoms with E-state index in [0.717, 1.165) is 11.5 Å². The fourth-order valence-electron chi connectivity index (χ4n) is 2.85. The van der Waals surface area contributed by atoms with E-state index in [-0.39, 0.29) is 0 Å². The first-order chi connectivity index (χ1) is 8.13. The Bertz CT molecular complexity index is 417. The van der Waals surface area contributed by atoms with Crippen LogP contribution in [0, 0.1) is 5.92 Å². The van der Waals surface area contributed by atoms with Crippen LogP contribution in [0.15, 0.2) is 12.1 Å². The zero-order valence-electron chi connectivity index (χ0n) is 11.2. The normalized spacial score (nSPS) is 26.8. The summed E-state index contributed by atoms with van der Waals surface area (Å²) in [5, 5.41) is 3.39. The van der Waals surface area contributed by atoms with Crippen LogP contribution in [0.4, 0.5) is 0 Å². The number of ether oxygens (including phenoxy) is 2. The van der Waals surface area contributed by atoms with Crippen molar-refractivity contribution in [1.82, 2.24) is 5.32 Å². The van der Waals surface area contributed by atoms with Gasteiger partial charge in [0.2, 0.25) is 0 Å². The quantitative estimate of drug-likeness (QED) is 0.873. The molecule has 0 amide bonds. The smallest absolute Gasteiger partial charge is 0.161 e. The molecular weight excluding hydrogens is 214 g/mol. The van der Waals surface area contributed by atoms with E-state index >= 15 is 0 Å². The molecule has 0 spiro atoms. The lowest BCUT2D eigenvalue weighted by Gasteiger charge is -2.18. The maximum absolute atomic E-state index is 5.37. The lowest BCUT2D eigenvalue weighted by Crippen LogP contribution is -2.20. The summed E-state index contributed by atoms with van der Waals surface area (Å²) in [6.07, 6.45) is 0. The molecule has 3 unspecified atom stereocenters. The molecule has 94 valence electrons. The van der Waals surface area contributed by atoms with Gasteiger partial charge in [-0.15, -0.1) is 0 Å². The summed E-state index contributed by atoms with van der Waals surface area (Å²) in [6.45, 7) is 4.55. The van der Waals surface area contributed by atoms with E-state index in [1.165, 1.54) is 11.1 Å². The van der Waals surface area contributed by atoms with Crippen LogP contribution in [-0.4, -0.2) is 21.3 Å². The summed E-state index contributed by atoms with van der Waals surface area (Å²) >= 11 is 0. The van der Waals surface area contributed by atoms with Gasteiger partial charge in [-0.25, -0.2) is 0 Å². The molecular formula is C14H21NO2. The van der Waals surface area contributed by atoms with E-state index in [1.54, 1.807) is 14.2 Å². The molecule has 1 aliphatic rings. The van der Waals surface area contributed by atoms with Crippen molar-refractivity contribution in [2.24, 2.45) is 5.92 Å². The van der Waals surface area contributed by atoms with E-state index in [4.69, 9.17) is 9.47 Å². The Hall–Kier alpha value is -1.22. The fraction of sp³-hybridized carbons (Fsp3) is 0.571. The van der Waals surface area contributed by atoms with Gasteiger partial charge in [-0.2, -0.15) is 0 Å². The van der Waals surface area contributed by atoms with Gasteiger partial charge in [0.15, 0.2) is 11.5 Å². The summed E-state index contributed by atoms with van der Waals surface area (Å²) < 4.78 is 10.7. The Kier molecular flexibility index (Phi) is 3.29. The van der Waals surface area contributed by atoms with Crippen LogP contribution in [0.3, 0.4) is 0 Å². The van der Waals surface area contributed by atoms with Gasteiger partial charge in [0.05, 0.1) is 14.2 Å². The molecule has 0 aromatic heterocycles. The van der Waals surface area contributed by atoms with E-state index in [0.29, 0.717) is 17.9 Å². The molecule has 17 heavy (non-hydrogen) atoms. The molecule has 1 aliphatic carbocycles. The molecule has 0 fully saturated rings. The van der Waals surface area contributed by atoms with Gasteiger partial charge in [-0.1, -0.05) is 13.8 Å². The first-order valence-corrected chi connectivity index (χ1v) is 6.07. The third-order valence-electron chi connectivity index (χ3n) is 4.04. The number of methoxy groups -OCH3 is 2. The van der Waals surface area contributed by atoms with Crippen LogP contribution < -0.4 is 14.8 Å². The second-order valence-electron chi connectivity index (χ2n) is 4.75. The Morgan fingerprint density at radius 2 is 1.53 bits per heavy atom. The SMILES string of the molecule is CNC1c2cc(OC)c(OC)cc2C(C)C1C. The molecule has 0 radical (unpaired) electrons. The fourth-order valence-corrected chi connectivity index (χ4v) is 2.85. The maximum Gasteiger partial charge on any atom is 0.161 e. The zero-order valence-corrected chi connectivity index (χ0v) is 11.2. The Labute approximate surface area is 103 Å². The minimum absolute atomic E-state index is 0.403. The Balaban J connectivity index is 2.54. The predicted octanol–water partition coefficient (Wildman–Crippen LogP) is 2.72. The largest absolute Gasteiger partial charge is 0.493 e. The highest BCUT2D eigenvalue weighted by molar-refractivity contribution is 5.52. The third kappa shape index (κ3) is 1.78. The molecule has 0 bridgehead atoms.